The Hall–Kier alpha value is -10.4. The zero-order chi connectivity index (χ0) is 82.2. The summed E-state index contributed by atoms with van der Waals surface area (Å²) >= 11 is 1.79. The SMILES string of the molecule is [2H]c1c(C)[n+](C)c(-c2cc3c(cc2C)-c2ccccc2C3(C)C)c2ccc(C(C)CC)cc12.[2H]c1c(C)[n+](C)c(-c2cc3ccccc3cc2C)c2ccc(C(C)CC)cc12.[2H]c1c(C)[n+](C)c(-c2cc3occc3cc2C)c2ccc(C(C)CC)cc12.[2H]c1c(C)[n+](C)c(-c2cc3sccc3cc2C)c2ccc(C(C)CC)cc12. The van der Waals surface area contributed by atoms with Crippen molar-refractivity contribution in [1.29, 1.82) is 0 Å². The molecule has 0 radical (unpaired) electrons. The topological polar surface area (TPSA) is 28.7 Å². The lowest BCUT2D eigenvalue weighted by molar-refractivity contribution is -0.665. The number of hydrogen-bond acceptors (Lipinski definition) is 2. The van der Waals surface area contributed by atoms with Crippen LogP contribution in [0.2, 0.25) is 0 Å². The Bertz CT molecular complexity index is 6370. The normalized spacial score (nSPS) is 13.9. The molecule has 562 valence electrons. The largest absolute Gasteiger partial charge is 0.464 e. The fraction of sp³-hybridized carbons (Fsp3) is 0.295. The molecule has 0 aliphatic heterocycles. The van der Waals surface area contributed by atoms with Crippen molar-refractivity contribution in [3.63, 3.8) is 0 Å². The average Bonchev–Trinajstić information content (AvgIpc) is 1.60. The Morgan fingerprint density at radius 1 is 0.342 bits per heavy atom. The van der Waals surface area contributed by atoms with Gasteiger partial charge < -0.3 is 4.42 Å². The first-order chi connectivity index (χ1) is 54.9. The zero-order valence-electron chi connectivity index (χ0n) is 73.7. The number of thiophene rings is 1. The Kier molecular flexibility index (Phi) is 20.4. The van der Waals surface area contributed by atoms with Crippen molar-refractivity contribution in [2.75, 3.05) is 0 Å². The van der Waals surface area contributed by atoms with E-state index in [9.17, 15) is 0 Å². The first kappa shape index (κ1) is 72.2. The molecule has 10 aromatic carbocycles. The minimum atomic E-state index is -0.0309. The minimum absolute atomic E-state index is 0.0309. The van der Waals surface area contributed by atoms with Crippen molar-refractivity contribution >= 4 is 86.3 Å². The van der Waals surface area contributed by atoms with Gasteiger partial charge in [-0.1, -0.05) is 178 Å². The van der Waals surface area contributed by atoms with Gasteiger partial charge in [0.25, 0.3) is 0 Å². The number of aryl methyl sites for hydroxylation is 4. The molecule has 4 unspecified atom stereocenters. The summed E-state index contributed by atoms with van der Waals surface area (Å²) in [4.78, 5) is 0. The van der Waals surface area contributed by atoms with E-state index < -0.39 is 0 Å². The molecule has 17 rings (SSSR count). The minimum Gasteiger partial charge on any atom is -0.464 e. The first-order valence-corrected chi connectivity index (χ1v) is 41.2. The third kappa shape index (κ3) is 14.5. The fourth-order valence-electron chi connectivity index (χ4n) is 16.9. The van der Waals surface area contributed by atoms with E-state index in [2.05, 4.69) is 345 Å². The molecule has 0 N–H and O–H groups in total. The van der Waals surface area contributed by atoms with E-state index in [1.807, 2.05) is 13.0 Å². The van der Waals surface area contributed by atoms with E-state index in [4.69, 9.17) is 9.90 Å². The van der Waals surface area contributed by atoms with Crippen molar-refractivity contribution in [2.24, 2.45) is 28.2 Å². The van der Waals surface area contributed by atoms with Gasteiger partial charge in [0.05, 0.1) is 55.5 Å². The number of furan rings is 1. The molecule has 0 amide bonds. The van der Waals surface area contributed by atoms with Crippen LogP contribution in [0.25, 0.3) is 131 Å². The Balaban J connectivity index is 0.000000127. The molecule has 1 aliphatic carbocycles. The summed E-state index contributed by atoms with van der Waals surface area (Å²) < 4.78 is 50.8. The number of fused-ring (bicyclic) bond motifs is 10. The van der Waals surface area contributed by atoms with Crippen LogP contribution in [-0.4, -0.2) is 0 Å². The van der Waals surface area contributed by atoms with Gasteiger partial charge in [-0.05, 0) is 260 Å². The number of rotatable bonds is 12. The van der Waals surface area contributed by atoms with Crippen LogP contribution in [-0.2, 0) is 33.6 Å². The number of hydrogen-bond donors (Lipinski definition) is 0. The van der Waals surface area contributed by atoms with Crippen LogP contribution in [0.3, 0.4) is 0 Å². The quantitative estimate of drug-likeness (QED) is 0.112. The summed E-state index contributed by atoms with van der Waals surface area (Å²) in [5, 5.41) is 15.9. The molecule has 6 heteroatoms. The second-order valence-corrected chi connectivity index (χ2v) is 33.5. The summed E-state index contributed by atoms with van der Waals surface area (Å²) in [5.74, 6) is 2.00. The van der Waals surface area contributed by atoms with Gasteiger partial charge in [-0.15, -0.1) is 11.3 Å². The van der Waals surface area contributed by atoms with Crippen molar-refractivity contribution < 1.29 is 28.2 Å². The van der Waals surface area contributed by atoms with E-state index in [0.29, 0.717) is 47.8 Å². The molecular formula is C105H114N4OS+4. The van der Waals surface area contributed by atoms with E-state index in [1.165, 1.54) is 127 Å². The molecule has 111 heavy (non-hydrogen) atoms. The zero-order valence-corrected chi connectivity index (χ0v) is 70.5. The Labute approximate surface area is 670 Å². The molecule has 1 aliphatic rings. The van der Waals surface area contributed by atoms with Gasteiger partial charge in [0.15, 0.2) is 22.8 Å². The molecule has 16 aromatic rings. The maximum Gasteiger partial charge on any atom is 0.220 e. The van der Waals surface area contributed by atoms with Crippen molar-refractivity contribution in [1.82, 2.24) is 0 Å². The molecule has 0 saturated heterocycles. The van der Waals surface area contributed by atoms with Crippen molar-refractivity contribution in [3.05, 3.63) is 296 Å². The lowest BCUT2D eigenvalue weighted by atomic mass is 9.81. The van der Waals surface area contributed by atoms with Gasteiger partial charge in [0.2, 0.25) is 22.8 Å². The monoisotopic (exact) mass is 1480 g/mol. The highest BCUT2D eigenvalue weighted by Gasteiger charge is 2.37. The smallest absolute Gasteiger partial charge is 0.220 e. The predicted molar refractivity (Wildman–Crippen MR) is 475 cm³/mol. The molecule has 0 fully saturated rings. The molecule has 0 spiro atoms. The second kappa shape index (κ2) is 31.4. The summed E-state index contributed by atoms with van der Waals surface area (Å²) in [6.07, 6.45) is 6.15. The molecule has 6 heterocycles. The molecule has 6 aromatic heterocycles. The van der Waals surface area contributed by atoms with E-state index >= 15 is 0 Å². The van der Waals surface area contributed by atoms with E-state index in [0.717, 1.165) is 108 Å². The molecule has 0 bridgehead atoms. The van der Waals surface area contributed by atoms with Gasteiger partial charge in [0.1, 0.15) is 33.8 Å². The van der Waals surface area contributed by atoms with Crippen LogP contribution < -0.4 is 18.3 Å². The first-order valence-electron chi connectivity index (χ1n) is 42.4. The van der Waals surface area contributed by atoms with Gasteiger partial charge in [-0.25, -0.2) is 0 Å². The highest BCUT2D eigenvalue weighted by molar-refractivity contribution is 7.17. The lowest BCUT2D eigenvalue weighted by Crippen LogP contribution is -2.35. The molecule has 5 nitrogen and oxygen atoms in total. The van der Waals surface area contributed by atoms with Gasteiger partial charge in [0, 0.05) is 67.4 Å². The summed E-state index contributed by atoms with van der Waals surface area (Å²) in [6.45, 7) is 39.5. The van der Waals surface area contributed by atoms with Gasteiger partial charge >= 0.3 is 0 Å². The fourth-order valence-corrected chi connectivity index (χ4v) is 17.8. The van der Waals surface area contributed by atoms with Crippen molar-refractivity contribution in [2.45, 2.75) is 179 Å². The molecule has 0 saturated carbocycles. The van der Waals surface area contributed by atoms with Crippen LogP contribution in [0.5, 0.6) is 0 Å². The number of nitrogens with zero attached hydrogens (tertiary/aromatic N) is 4. The van der Waals surface area contributed by atoms with Gasteiger partial charge in [-0.2, -0.15) is 18.3 Å². The number of aromatic nitrogens is 4. The average molecular weight is 1480 g/mol. The summed E-state index contributed by atoms with van der Waals surface area (Å²) in [5.41, 5.74) is 30.3. The third-order valence-electron chi connectivity index (χ3n) is 25.2. The standard InChI is InChI=1S/C31H34N.C26H28N.C24H26NO.C24H26NS/c1-8-19(2)22-13-14-24-23(17-22)16-21(4)32(7)30(24)26-18-29-27(15-20(26)3)25-11-9-10-12-28(25)31(29,5)6;1-6-17(2)20-11-12-24-23(15-20)14-19(4)27(5)26(24)25-16-22-10-8-7-9-21(22)13-18(25)3;2*1-6-15(2)18-7-8-21-20(13-18)12-17(4)25(5)24(21)22-14-23-19(9-10-26-23)11-16(22)3/h9-19H,8H2,1-7H3;7-17H,6H2,1-5H3;2*7-15H,6H2,1-5H3/q4*+1/i16D;14D;2*12D. The van der Waals surface area contributed by atoms with E-state index in [1.54, 1.807) is 17.6 Å². The Morgan fingerprint density at radius 2 is 0.703 bits per heavy atom. The highest BCUT2D eigenvalue weighted by Crippen LogP contribution is 2.51. The van der Waals surface area contributed by atoms with Crippen LogP contribution in [0.15, 0.2) is 222 Å². The maximum atomic E-state index is 8.89. The lowest BCUT2D eigenvalue weighted by Gasteiger charge is -2.22. The van der Waals surface area contributed by atoms with Crippen LogP contribution in [0.4, 0.5) is 0 Å². The highest BCUT2D eigenvalue weighted by atomic mass is 32.1. The van der Waals surface area contributed by atoms with Crippen molar-refractivity contribution in [3.8, 4) is 56.2 Å². The van der Waals surface area contributed by atoms with Gasteiger partial charge in [-0.3, -0.25) is 0 Å². The van der Waals surface area contributed by atoms with Crippen LogP contribution in [0, 0.1) is 55.4 Å². The van der Waals surface area contributed by atoms with E-state index in [-0.39, 0.29) is 5.41 Å². The number of pyridine rings is 4. The summed E-state index contributed by atoms with van der Waals surface area (Å²) in [7, 11) is 8.33. The number of benzene rings is 10. The second-order valence-electron chi connectivity index (χ2n) is 32.6. The molecular weight excluding hydrogens is 1370 g/mol. The predicted octanol–water partition coefficient (Wildman–Crippen LogP) is 27.3. The third-order valence-corrected chi connectivity index (χ3v) is 26.1. The molecule has 4 atom stereocenters. The Morgan fingerprint density at radius 3 is 1.14 bits per heavy atom. The summed E-state index contributed by atoms with van der Waals surface area (Å²) in [6, 6.07) is 69.1. The maximum absolute atomic E-state index is 8.89. The van der Waals surface area contributed by atoms with Crippen LogP contribution in [0.1, 0.15) is 202 Å². The van der Waals surface area contributed by atoms with Crippen LogP contribution >= 0.6 is 11.3 Å².